The molecule has 0 aromatic rings. The molecule has 2 atom stereocenters. The van der Waals surface area contributed by atoms with Gasteiger partial charge in [0.2, 0.25) is 5.91 Å². The summed E-state index contributed by atoms with van der Waals surface area (Å²) in [5.41, 5.74) is 5.57. The van der Waals surface area contributed by atoms with E-state index in [1.165, 1.54) is 0 Å². The van der Waals surface area contributed by atoms with E-state index < -0.39 is 15.9 Å². The lowest BCUT2D eigenvalue weighted by Gasteiger charge is -2.14. The van der Waals surface area contributed by atoms with E-state index in [0.29, 0.717) is 11.8 Å². The van der Waals surface area contributed by atoms with E-state index in [1.807, 2.05) is 13.2 Å². The molecule has 0 fully saturated rings. The van der Waals surface area contributed by atoms with Crippen LogP contribution in [0, 0.1) is 0 Å². The first-order valence-corrected chi connectivity index (χ1v) is 8.35. The fourth-order valence-electron chi connectivity index (χ4n) is 0.931. The maximum atomic E-state index is 11.4. The van der Waals surface area contributed by atoms with E-state index >= 15 is 0 Å². The zero-order chi connectivity index (χ0) is 12.8. The maximum absolute atomic E-state index is 11.4. The van der Waals surface area contributed by atoms with Crippen molar-refractivity contribution in [1.29, 1.82) is 0 Å². The smallest absolute Gasteiger partial charge is 0.236 e. The first kappa shape index (κ1) is 15.7. The third kappa shape index (κ3) is 7.95. The summed E-state index contributed by atoms with van der Waals surface area (Å²) in [4.78, 5) is 11.4. The van der Waals surface area contributed by atoms with Gasteiger partial charge >= 0.3 is 0 Å². The van der Waals surface area contributed by atoms with Crippen LogP contribution in [-0.2, 0) is 14.6 Å². The first-order chi connectivity index (χ1) is 7.26. The zero-order valence-electron chi connectivity index (χ0n) is 9.89. The van der Waals surface area contributed by atoms with Crippen molar-refractivity contribution < 1.29 is 13.2 Å². The summed E-state index contributed by atoms with van der Waals surface area (Å²) in [7, 11) is -3.05. The molecular weight excluding hydrogens is 248 g/mol. The molecule has 0 rings (SSSR count). The van der Waals surface area contributed by atoms with Gasteiger partial charge in [-0.1, -0.05) is 6.92 Å². The normalized spacial score (nSPS) is 15.5. The third-order valence-corrected chi connectivity index (χ3v) is 4.05. The van der Waals surface area contributed by atoms with Crippen LogP contribution in [0.5, 0.6) is 0 Å². The molecular formula is C9H20N2O3S2. The van der Waals surface area contributed by atoms with Crippen LogP contribution in [-0.4, -0.2) is 50.4 Å². The van der Waals surface area contributed by atoms with Gasteiger partial charge in [0, 0.05) is 18.1 Å². The van der Waals surface area contributed by atoms with Crippen LogP contribution in [0.1, 0.15) is 13.3 Å². The topological polar surface area (TPSA) is 89.3 Å². The first-order valence-electron chi connectivity index (χ1n) is 5.00. The quantitative estimate of drug-likeness (QED) is 0.657. The van der Waals surface area contributed by atoms with E-state index in [0.717, 1.165) is 6.26 Å². The van der Waals surface area contributed by atoms with Crippen molar-refractivity contribution in [2.45, 2.75) is 24.6 Å². The number of nitrogens with two attached hydrogens (primary N) is 1. The SMILES string of the molecule is CSC(C)CNC(=O)C(N)CCS(C)(=O)=O. The Labute approximate surface area is 101 Å². The lowest BCUT2D eigenvalue weighted by molar-refractivity contribution is -0.122. The summed E-state index contributed by atoms with van der Waals surface area (Å²) in [6, 6.07) is -0.746. The molecule has 0 radical (unpaired) electrons. The second-order valence-corrected chi connectivity index (χ2v) is 7.35. The summed E-state index contributed by atoms with van der Waals surface area (Å²) in [5, 5.41) is 3.01. The van der Waals surface area contributed by atoms with Crippen molar-refractivity contribution in [2.24, 2.45) is 5.73 Å². The molecule has 0 saturated heterocycles. The maximum Gasteiger partial charge on any atom is 0.236 e. The third-order valence-electron chi connectivity index (χ3n) is 2.10. The van der Waals surface area contributed by atoms with Crippen molar-refractivity contribution in [3.63, 3.8) is 0 Å². The largest absolute Gasteiger partial charge is 0.354 e. The molecule has 0 bridgehead atoms. The number of carbonyl (C=O) groups is 1. The molecule has 96 valence electrons. The van der Waals surface area contributed by atoms with Crippen LogP contribution in [0.4, 0.5) is 0 Å². The van der Waals surface area contributed by atoms with Gasteiger partial charge in [0.25, 0.3) is 0 Å². The molecule has 0 aliphatic rings. The zero-order valence-corrected chi connectivity index (χ0v) is 11.5. The van der Waals surface area contributed by atoms with Gasteiger partial charge in [-0.05, 0) is 12.7 Å². The number of carbonyl (C=O) groups excluding carboxylic acids is 1. The van der Waals surface area contributed by atoms with E-state index in [1.54, 1.807) is 11.8 Å². The molecule has 3 N–H and O–H groups in total. The average Bonchev–Trinajstić information content (AvgIpc) is 2.20. The lowest BCUT2D eigenvalue weighted by Crippen LogP contribution is -2.43. The van der Waals surface area contributed by atoms with Gasteiger partial charge in [-0.15, -0.1) is 0 Å². The number of hydrogen-bond acceptors (Lipinski definition) is 5. The summed E-state index contributed by atoms with van der Waals surface area (Å²) in [6.45, 7) is 2.54. The number of nitrogens with one attached hydrogen (secondary N) is 1. The molecule has 5 nitrogen and oxygen atoms in total. The highest BCUT2D eigenvalue weighted by atomic mass is 32.2. The number of sulfone groups is 1. The molecule has 7 heteroatoms. The second-order valence-electron chi connectivity index (χ2n) is 3.82. The van der Waals surface area contributed by atoms with Crippen molar-refractivity contribution in [2.75, 3.05) is 24.8 Å². The average molecular weight is 268 g/mol. The molecule has 0 heterocycles. The monoisotopic (exact) mass is 268 g/mol. The molecule has 0 aliphatic carbocycles. The summed E-state index contributed by atoms with van der Waals surface area (Å²) < 4.78 is 21.8. The second kappa shape index (κ2) is 7.13. The highest BCUT2D eigenvalue weighted by molar-refractivity contribution is 7.99. The highest BCUT2D eigenvalue weighted by Gasteiger charge is 2.16. The minimum Gasteiger partial charge on any atom is -0.354 e. The van der Waals surface area contributed by atoms with Crippen LogP contribution >= 0.6 is 11.8 Å². The number of rotatable bonds is 7. The molecule has 1 amide bonds. The molecule has 0 aromatic heterocycles. The lowest BCUT2D eigenvalue weighted by atomic mass is 10.2. The molecule has 2 unspecified atom stereocenters. The number of amides is 1. The van der Waals surface area contributed by atoms with Gasteiger partial charge in [0.1, 0.15) is 9.84 Å². The van der Waals surface area contributed by atoms with E-state index in [-0.39, 0.29) is 18.1 Å². The number of hydrogen-bond donors (Lipinski definition) is 2. The predicted octanol–water partition coefficient (Wildman–Crippen LogP) is -0.384. The van der Waals surface area contributed by atoms with Gasteiger partial charge in [-0.3, -0.25) is 4.79 Å². The van der Waals surface area contributed by atoms with E-state index in [2.05, 4.69) is 5.32 Å². The summed E-state index contributed by atoms with van der Waals surface area (Å²) >= 11 is 1.64. The van der Waals surface area contributed by atoms with E-state index in [9.17, 15) is 13.2 Å². The van der Waals surface area contributed by atoms with Crippen molar-refractivity contribution in [3.05, 3.63) is 0 Å². The van der Waals surface area contributed by atoms with Crippen LogP contribution in [0.2, 0.25) is 0 Å². The van der Waals surface area contributed by atoms with Crippen molar-refractivity contribution >= 4 is 27.5 Å². The van der Waals surface area contributed by atoms with Crippen LogP contribution in [0.15, 0.2) is 0 Å². The Hall–Kier alpha value is -0.270. The van der Waals surface area contributed by atoms with Crippen LogP contribution in [0.3, 0.4) is 0 Å². The standard InChI is InChI=1S/C9H20N2O3S2/c1-7(15-2)6-11-9(12)8(10)4-5-16(3,13)14/h7-8H,4-6,10H2,1-3H3,(H,11,12). The van der Waals surface area contributed by atoms with Gasteiger partial charge < -0.3 is 11.1 Å². The Balaban J connectivity index is 3.91. The Morgan fingerprint density at radius 3 is 2.50 bits per heavy atom. The van der Waals surface area contributed by atoms with Crippen molar-refractivity contribution in [3.8, 4) is 0 Å². The molecule has 0 spiro atoms. The Morgan fingerprint density at radius 1 is 1.50 bits per heavy atom. The highest BCUT2D eigenvalue weighted by Crippen LogP contribution is 2.02. The summed E-state index contributed by atoms with van der Waals surface area (Å²) in [6.07, 6.45) is 3.26. The Kier molecular flexibility index (Phi) is 7.01. The molecule has 0 saturated carbocycles. The summed E-state index contributed by atoms with van der Waals surface area (Å²) in [5.74, 6) is -0.343. The Bertz CT molecular complexity index is 317. The van der Waals surface area contributed by atoms with Crippen LogP contribution in [0.25, 0.3) is 0 Å². The molecule has 16 heavy (non-hydrogen) atoms. The Morgan fingerprint density at radius 2 is 2.06 bits per heavy atom. The minimum atomic E-state index is -3.05. The number of thioether (sulfide) groups is 1. The predicted molar refractivity (Wildman–Crippen MR) is 68.3 cm³/mol. The van der Waals surface area contributed by atoms with Gasteiger partial charge in [-0.2, -0.15) is 11.8 Å². The van der Waals surface area contributed by atoms with Gasteiger partial charge in [-0.25, -0.2) is 8.42 Å². The molecule has 0 aliphatic heterocycles. The fourth-order valence-corrected chi connectivity index (χ4v) is 1.86. The fraction of sp³-hybridized carbons (Fsp3) is 0.889. The molecule has 0 aromatic carbocycles. The van der Waals surface area contributed by atoms with Crippen LogP contribution < -0.4 is 11.1 Å². The van der Waals surface area contributed by atoms with Gasteiger partial charge in [0.05, 0.1) is 11.8 Å². The van der Waals surface area contributed by atoms with Gasteiger partial charge in [0.15, 0.2) is 0 Å². The van der Waals surface area contributed by atoms with Crippen molar-refractivity contribution in [1.82, 2.24) is 5.32 Å². The van der Waals surface area contributed by atoms with E-state index in [4.69, 9.17) is 5.73 Å². The minimum absolute atomic E-state index is 0.0559.